The number of ether oxygens (including phenoxy) is 1. The van der Waals surface area contributed by atoms with Crippen molar-refractivity contribution in [1.82, 2.24) is 0 Å². The van der Waals surface area contributed by atoms with Crippen LogP contribution in [0.4, 0.5) is 0 Å². The lowest BCUT2D eigenvalue weighted by atomic mass is 10.1. The van der Waals surface area contributed by atoms with Gasteiger partial charge in [-0.05, 0) is 5.56 Å². The van der Waals surface area contributed by atoms with Crippen LogP contribution in [-0.4, -0.2) is 18.3 Å². The lowest BCUT2D eigenvalue weighted by Crippen LogP contribution is -2.19. The summed E-state index contributed by atoms with van der Waals surface area (Å²) < 4.78 is 4.99. The zero-order chi connectivity index (χ0) is 9.10. The Balaban J connectivity index is 2.07. The fourth-order valence-electron chi connectivity index (χ4n) is 1.29. The molecule has 1 fully saturated rings. The minimum atomic E-state index is -0.0998. The SMILES string of the molecule is O=C1CS[C@H](c2ccccc2)CO1. The van der Waals surface area contributed by atoms with E-state index in [1.165, 1.54) is 5.56 Å². The molecular formula is C10H10O2S. The van der Waals surface area contributed by atoms with Crippen LogP contribution in [0.3, 0.4) is 0 Å². The van der Waals surface area contributed by atoms with Crippen molar-refractivity contribution in [2.75, 3.05) is 12.4 Å². The van der Waals surface area contributed by atoms with Crippen molar-refractivity contribution in [3.63, 3.8) is 0 Å². The molecule has 1 aromatic carbocycles. The van der Waals surface area contributed by atoms with Gasteiger partial charge in [0.2, 0.25) is 0 Å². The van der Waals surface area contributed by atoms with Crippen molar-refractivity contribution in [1.29, 1.82) is 0 Å². The average Bonchev–Trinajstić information content (AvgIpc) is 2.20. The van der Waals surface area contributed by atoms with Crippen LogP contribution in [0.25, 0.3) is 0 Å². The first-order valence-corrected chi connectivity index (χ1v) is 5.23. The minimum absolute atomic E-state index is 0.0998. The van der Waals surface area contributed by atoms with Gasteiger partial charge in [0.05, 0.1) is 11.0 Å². The van der Waals surface area contributed by atoms with E-state index in [1.54, 1.807) is 11.8 Å². The Kier molecular flexibility index (Phi) is 2.54. The molecule has 1 saturated heterocycles. The highest BCUT2D eigenvalue weighted by Gasteiger charge is 2.21. The molecule has 0 aromatic heterocycles. The second kappa shape index (κ2) is 3.83. The van der Waals surface area contributed by atoms with E-state index >= 15 is 0 Å². The summed E-state index contributed by atoms with van der Waals surface area (Å²) in [5.74, 6) is 0.372. The molecule has 0 unspecified atom stereocenters. The summed E-state index contributed by atoms with van der Waals surface area (Å²) in [5, 5.41) is 0.318. The molecule has 2 rings (SSSR count). The topological polar surface area (TPSA) is 26.3 Å². The van der Waals surface area contributed by atoms with Crippen LogP contribution in [0.5, 0.6) is 0 Å². The molecule has 2 nitrogen and oxygen atoms in total. The Hall–Kier alpha value is -0.960. The van der Waals surface area contributed by atoms with Gasteiger partial charge in [-0.25, -0.2) is 0 Å². The molecule has 1 aromatic rings. The molecule has 0 spiro atoms. The van der Waals surface area contributed by atoms with Crippen molar-refractivity contribution >= 4 is 17.7 Å². The first kappa shape index (κ1) is 8.63. The largest absolute Gasteiger partial charge is 0.464 e. The zero-order valence-electron chi connectivity index (χ0n) is 7.10. The normalized spacial score (nSPS) is 22.5. The number of hydrogen-bond donors (Lipinski definition) is 0. The number of carbonyl (C=O) groups excluding carboxylic acids is 1. The number of hydrogen-bond acceptors (Lipinski definition) is 3. The summed E-state index contributed by atoms with van der Waals surface area (Å²) in [4.78, 5) is 10.8. The minimum Gasteiger partial charge on any atom is -0.464 e. The number of thioether (sulfide) groups is 1. The van der Waals surface area contributed by atoms with E-state index in [4.69, 9.17) is 4.74 Å². The molecular weight excluding hydrogens is 184 g/mol. The predicted octanol–water partition coefficient (Wildman–Crippen LogP) is 2.02. The molecule has 1 aliphatic rings. The van der Waals surface area contributed by atoms with E-state index in [-0.39, 0.29) is 5.97 Å². The monoisotopic (exact) mass is 194 g/mol. The lowest BCUT2D eigenvalue weighted by Gasteiger charge is -2.21. The van der Waals surface area contributed by atoms with Crippen molar-refractivity contribution in [2.45, 2.75) is 5.25 Å². The molecule has 0 saturated carbocycles. The third kappa shape index (κ3) is 2.04. The molecule has 0 amide bonds. The van der Waals surface area contributed by atoms with Crippen LogP contribution in [0.15, 0.2) is 30.3 Å². The van der Waals surface area contributed by atoms with Crippen LogP contribution in [0.2, 0.25) is 0 Å². The van der Waals surface area contributed by atoms with E-state index in [9.17, 15) is 4.79 Å². The van der Waals surface area contributed by atoms with Crippen LogP contribution in [-0.2, 0) is 9.53 Å². The molecule has 1 aliphatic heterocycles. The van der Waals surface area contributed by atoms with E-state index in [0.29, 0.717) is 17.6 Å². The zero-order valence-corrected chi connectivity index (χ0v) is 7.92. The van der Waals surface area contributed by atoms with Gasteiger partial charge in [0.15, 0.2) is 0 Å². The Morgan fingerprint density at radius 3 is 2.69 bits per heavy atom. The van der Waals surface area contributed by atoms with Gasteiger partial charge in [0, 0.05) is 0 Å². The third-order valence-electron chi connectivity index (χ3n) is 1.97. The molecule has 13 heavy (non-hydrogen) atoms. The van der Waals surface area contributed by atoms with Gasteiger partial charge in [0.25, 0.3) is 0 Å². The molecule has 3 heteroatoms. The Labute approximate surface area is 81.3 Å². The summed E-state index contributed by atoms with van der Waals surface area (Å²) >= 11 is 1.65. The van der Waals surface area contributed by atoms with Crippen LogP contribution in [0, 0.1) is 0 Å². The molecule has 68 valence electrons. The van der Waals surface area contributed by atoms with Crippen molar-refractivity contribution in [2.24, 2.45) is 0 Å². The Bertz CT molecular complexity index is 287. The third-order valence-corrected chi connectivity index (χ3v) is 3.18. The number of esters is 1. The molecule has 1 atom stereocenters. The first-order valence-electron chi connectivity index (χ1n) is 4.18. The number of cyclic esters (lactones) is 1. The summed E-state index contributed by atoms with van der Waals surface area (Å²) in [7, 11) is 0. The van der Waals surface area contributed by atoms with E-state index in [1.807, 2.05) is 18.2 Å². The molecule has 0 radical (unpaired) electrons. The van der Waals surface area contributed by atoms with E-state index in [0.717, 1.165) is 0 Å². The van der Waals surface area contributed by atoms with Gasteiger partial charge in [-0.2, -0.15) is 0 Å². The second-order valence-electron chi connectivity index (χ2n) is 2.89. The van der Waals surface area contributed by atoms with Crippen molar-refractivity contribution in [3.05, 3.63) is 35.9 Å². The van der Waals surface area contributed by atoms with Crippen molar-refractivity contribution < 1.29 is 9.53 Å². The Morgan fingerprint density at radius 2 is 2.08 bits per heavy atom. The highest BCUT2D eigenvalue weighted by Crippen LogP contribution is 2.31. The molecule has 0 aliphatic carbocycles. The fourth-order valence-corrected chi connectivity index (χ4v) is 2.22. The lowest BCUT2D eigenvalue weighted by molar-refractivity contribution is -0.141. The standard InChI is InChI=1S/C10H10O2S/c11-10-7-13-9(6-12-10)8-4-2-1-3-5-8/h1-5,9H,6-7H2/t9-/m0/s1. The summed E-state index contributed by atoms with van der Waals surface area (Å²) in [6.45, 7) is 0.507. The summed E-state index contributed by atoms with van der Waals surface area (Å²) in [5.41, 5.74) is 1.24. The maximum atomic E-state index is 10.8. The van der Waals surface area contributed by atoms with Gasteiger partial charge < -0.3 is 4.74 Å². The highest BCUT2D eigenvalue weighted by atomic mass is 32.2. The highest BCUT2D eigenvalue weighted by molar-refractivity contribution is 8.00. The van der Waals surface area contributed by atoms with Crippen LogP contribution < -0.4 is 0 Å². The quantitative estimate of drug-likeness (QED) is 0.640. The molecule has 0 N–H and O–H groups in total. The predicted molar refractivity (Wildman–Crippen MR) is 52.6 cm³/mol. The van der Waals surface area contributed by atoms with Crippen LogP contribution in [0.1, 0.15) is 10.8 Å². The maximum absolute atomic E-state index is 10.8. The van der Waals surface area contributed by atoms with Gasteiger partial charge in [-0.15, -0.1) is 11.8 Å². The van der Waals surface area contributed by atoms with Gasteiger partial charge in [0.1, 0.15) is 6.61 Å². The van der Waals surface area contributed by atoms with E-state index < -0.39 is 0 Å². The summed E-state index contributed by atoms with van der Waals surface area (Å²) in [6.07, 6.45) is 0. The number of rotatable bonds is 1. The first-order chi connectivity index (χ1) is 6.36. The van der Waals surface area contributed by atoms with Gasteiger partial charge >= 0.3 is 5.97 Å². The number of benzene rings is 1. The van der Waals surface area contributed by atoms with Gasteiger partial charge in [-0.3, -0.25) is 4.79 Å². The van der Waals surface area contributed by atoms with E-state index in [2.05, 4.69) is 12.1 Å². The Morgan fingerprint density at radius 1 is 1.31 bits per heavy atom. The maximum Gasteiger partial charge on any atom is 0.315 e. The van der Waals surface area contributed by atoms with Gasteiger partial charge in [-0.1, -0.05) is 30.3 Å². The summed E-state index contributed by atoms with van der Waals surface area (Å²) in [6, 6.07) is 10.1. The molecule has 0 bridgehead atoms. The average molecular weight is 194 g/mol. The van der Waals surface area contributed by atoms with Crippen LogP contribution >= 0.6 is 11.8 Å². The molecule has 1 heterocycles. The second-order valence-corrected chi connectivity index (χ2v) is 4.08. The number of carbonyl (C=O) groups is 1. The fraction of sp³-hybridized carbons (Fsp3) is 0.300. The van der Waals surface area contributed by atoms with Crippen molar-refractivity contribution in [3.8, 4) is 0 Å². The smallest absolute Gasteiger partial charge is 0.315 e.